The largest absolute Gasteiger partial charge is 0.393 e. The summed E-state index contributed by atoms with van der Waals surface area (Å²) in [5.41, 5.74) is 5.58. The molecule has 1 saturated carbocycles. The van der Waals surface area contributed by atoms with E-state index in [1.807, 2.05) is 0 Å². The molecule has 0 aromatic heterocycles. The van der Waals surface area contributed by atoms with Crippen molar-refractivity contribution in [2.45, 2.75) is 38.6 Å². The Kier molecular flexibility index (Phi) is 3.07. The van der Waals surface area contributed by atoms with E-state index in [9.17, 15) is 0 Å². The zero-order valence-corrected chi connectivity index (χ0v) is 9.72. The van der Waals surface area contributed by atoms with Crippen LogP contribution >= 0.6 is 12.2 Å². The molecule has 1 saturated heterocycles. The fraction of sp³-hybridized carbons (Fsp3) is 0.909. The molecule has 0 bridgehead atoms. The number of fused-ring (bicyclic) bond motifs is 1. The Balaban J connectivity index is 1.86. The van der Waals surface area contributed by atoms with Crippen LogP contribution in [0.15, 0.2) is 0 Å². The van der Waals surface area contributed by atoms with E-state index in [2.05, 4.69) is 11.8 Å². The number of nitrogens with two attached hydrogens (primary N) is 1. The highest BCUT2D eigenvalue weighted by Gasteiger charge is 2.37. The number of hydrogen-bond acceptors (Lipinski definition) is 2. The molecular weight excluding hydrogens is 192 g/mol. The fourth-order valence-electron chi connectivity index (χ4n) is 3.05. The van der Waals surface area contributed by atoms with Crippen molar-refractivity contribution in [1.29, 1.82) is 0 Å². The lowest BCUT2D eigenvalue weighted by Gasteiger charge is -2.24. The van der Waals surface area contributed by atoms with Gasteiger partial charge < -0.3 is 5.73 Å². The molecular formula is C11H20N2S. The summed E-state index contributed by atoms with van der Waals surface area (Å²) in [6.45, 7) is 4.82. The predicted molar refractivity (Wildman–Crippen MR) is 63.3 cm³/mol. The van der Waals surface area contributed by atoms with E-state index in [1.54, 1.807) is 0 Å². The lowest BCUT2D eigenvalue weighted by molar-refractivity contribution is 0.244. The van der Waals surface area contributed by atoms with Crippen LogP contribution in [-0.2, 0) is 0 Å². The number of rotatable bonds is 3. The summed E-state index contributed by atoms with van der Waals surface area (Å²) >= 11 is 4.96. The molecule has 14 heavy (non-hydrogen) atoms. The third-order valence-electron chi connectivity index (χ3n) is 3.87. The first-order valence-corrected chi connectivity index (χ1v) is 6.10. The van der Waals surface area contributed by atoms with Crippen LogP contribution in [0.5, 0.6) is 0 Å². The Morgan fingerprint density at radius 1 is 1.43 bits per heavy atom. The highest BCUT2D eigenvalue weighted by Crippen LogP contribution is 2.38. The third kappa shape index (κ3) is 2.09. The summed E-state index contributed by atoms with van der Waals surface area (Å²) in [6.07, 6.45) is 5.23. The van der Waals surface area contributed by atoms with Crippen LogP contribution in [0.3, 0.4) is 0 Å². The Bertz CT molecular complexity index is 217. The van der Waals surface area contributed by atoms with Gasteiger partial charge >= 0.3 is 0 Å². The molecule has 2 fully saturated rings. The third-order valence-corrected chi connectivity index (χ3v) is 4.04. The molecule has 0 radical (unpaired) electrons. The minimum Gasteiger partial charge on any atom is -0.393 e. The van der Waals surface area contributed by atoms with Gasteiger partial charge in [0.1, 0.15) is 0 Å². The maximum atomic E-state index is 5.58. The second kappa shape index (κ2) is 4.15. The number of hydrogen-bond donors (Lipinski definition) is 1. The Labute approximate surface area is 91.8 Å². The van der Waals surface area contributed by atoms with E-state index < -0.39 is 0 Å². The van der Waals surface area contributed by atoms with Crippen molar-refractivity contribution >= 4 is 17.2 Å². The molecule has 1 aliphatic carbocycles. The van der Waals surface area contributed by atoms with Crippen LogP contribution < -0.4 is 5.73 Å². The molecule has 3 atom stereocenters. The average molecular weight is 212 g/mol. The van der Waals surface area contributed by atoms with E-state index in [4.69, 9.17) is 18.0 Å². The highest BCUT2D eigenvalue weighted by molar-refractivity contribution is 7.80. The summed E-state index contributed by atoms with van der Waals surface area (Å²) < 4.78 is 0. The summed E-state index contributed by atoms with van der Waals surface area (Å²) in [5.74, 6) is 1.95. The van der Waals surface area contributed by atoms with E-state index >= 15 is 0 Å². The van der Waals surface area contributed by atoms with E-state index in [0.29, 0.717) is 11.0 Å². The van der Waals surface area contributed by atoms with Gasteiger partial charge in [-0.15, -0.1) is 0 Å². The number of nitrogens with zero attached hydrogens (tertiary/aromatic N) is 1. The quantitative estimate of drug-likeness (QED) is 0.723. The second-order valence-electron chi connectivity index (χ2n) is 4.92. The minimum absolute atomic E-state index is 0.554. The first kappa shape index (κ1) is 10.4. The number of likely N-dealkylation sites (tertiary alicyclic amines) is 1. The van der Waals surface area contributed by atoms with Crippen molar-refractivity contribution in [3.8, 4) is 0 Å². The molecule has 0 aromatic carbocycles. The van der Waals surface area contributed by atoms with E-state index in [-0.39, 0.29) is 0 Å². The average Bonchev–Trinajstić information content (AvgIpc) is 2.58. The summed E-state index contributed by atoms with van der Waals surface area (Å²) in [6, 6.07) is 0.554. The highest BCUT2D eigenvalue weighted by atomic mass is 32.1. The molecule has 2 nitrogen and oxygen atoms in total. The Morgan fingerprint density at radius 3 is 2.50 bits per heavy atom. The first-order chi connectivity index (χ1) is 6.66. The van der Waals surface area contributed by atoms with Crippen LogP contribution in [0.2, 0.25) is 0 Å². The zero-order valence-electron chi connectivity index (χ0n) is 8.91. The van der Waals surface area contributed by atoms with Crippen LogP contribution in [0, 0.1) is 11.8 Å². The van der Waals surface area contributed by atoms with Gasteiger partial charge in [0.05, 0.1) is 4.99 Å². The van der Waals surface area contributed by atoms with Crippen LogP contribution in [0.1, 0.15) is 32.6 Å². The molecule has 3 heteroatoms. The van der Waals surface area contributed by atoms with Gasteiger partial charge in [-0.25, -0.2) is 0 Å². The minimum atomic E-state index is 0.554. The topological polar surface area (TPSA) is 29.3 Å². The number of thiocarbonyl (C=S) groups is 1. The van der Waals surface area contributed by atoms with Gasteiger partial charge in [0, 0.05) is 25.6 Å². The summed E-state index contributed by atoms with van der Waals surface area (Å²) in [7, 11) is 0. The Hall–Kier alpha value is -0.150. The van der Waals surface area contributed by atoms with Gasteiger partial charge in [-0.1, -0.05) is 18.6 Å². The van der Waals surface area contributed by atoms with Crippen molar-refractivity contribution in [2.24, 2.45) is 17.6 Å². The van der Waals surface area contributed by atoms with Crippen molar-refractivity contribution < 1.29 is 0 Å². The van der Waals surface area contributed by atoms with Crippen LogP contribution in [0.25, 0.3) is 0 Å². The standard InChI is InChI=1S/C11H20N2S/c1-8(5-11(12)14)13-6-9-3-2-4-10(9)7-13/h8-10H,2-7H2,1H3,(H2,12,14). The van der Waals surface area contributed by atoms with Crippen molar-refractivity contribution in [2.75, 3.05) is 13.1 Å². The van der Waals surface area contributed by atoms with Crippen molar-refractivity contribution in [1.82, 2.24) is 4.90 Å². The van der Waals surface area contributed by atoms with E-state index in [1.165, 1.54) is 32.4 Å². The van der Waals surface area contributed by atoms with E-state index in [0.717, 1.165) is 18.3 Å². The first-order valence-electron chi connectivity index (χ1n) is 5.69. The van der Waals surface area contributed by atoms with Gasteiger partial charge in [-0.05, 0) is 31.6 Å². The van der Waals surface area contributed by atoms with Gasteiger partial charge in [0.2, 0.25) is 0 Å². The molecule has 1 aliphatic heterocycles. The SMILES string of the molecule is CC(CC(N)=S)N1CC2CCCC2C1. The zero-order chi connectivity index (χ0) is 10.1. The van der Waals surface area contributed by atoms with Gasteiger partial charge in [-0.3, -0.25) is 4.90 Å². The summed E-state index contributed by atoms with van der Waals surface area (Å²) in [5, 5.41) is 0. The van der Waals surface area contributed by atoms with Crippen LogP contribution in [-0.4, -0.2) is 29.0 Å². The molecule has 3 unspecified atom stereocenters. The molecule has 2 rings (SSSR count). The molecule has 80 valence electrons. The second-order valence-corrected chi connectivity index (χ2v) is 5.45. The van der Waals surface area contributed by atoms with Gasteiger partial charge in [0.25, 0.3) is 0 Å². The molecule has 0 aromatic rings. The van der Waals surface area contributed by atoms with Crippen molar-refractivity contribution in [3.05, 3.63) is 0 Å². The van der Waals surface area contributed by atoms with Crippen LogP contribution in [0.4, 0.5) is 0 Å². The molecule has 0 spiro atoms. The lowest BCUT2D eigenvalue weighted by atomic mass is 10.0. The monoisotopic (exact) mass is 212 g/mol. The smallest absolute Gasteiger partial charge is 0.0742 e. The lowest BCUT2D eigenvalue weighted by Crippen LogP contribution is -2.34. The Morgan fingerprint density at radius 2 is 2.00 bits per heavy atom. The maximum absolute atomic E-state index is 5.58. The molecule has 2 N–H and O–H groups in total. The normalized spacial score (nSPS) is 34.4. The fourth-order valence-corrected chi connectivity index (χ4v) is 3.29. The van der Waals surface area contributed by atoms with Gasteiger partial charge in [0.15, 0.2) is 0 Å². The van der Waals surface area contributed by atoms with Gasteiger partial charge in [-0.2, -0.15) is 0 Å². The summed E-state index contributed by atoms with van der Waals surface area (Å²) in [4.78, 5) is 3.24. The predicted octanol–water partition coefficient (Wildman–Crippen LogP) is 1.78. The molecule has 0 amide bonds. The maximum Gasteiger partial charge on any atom is 0.0742 e. The molecule has 2 aliphatic rings. The van der Waals surface area contributed by atoms with Crippen molar-refractivity contribution in [3.63, 3.8) is 0 Å². The molecule has 1 heterocycles.